The Morgan fingerprint density at radius 1 is 1.08 bits per heavy atom. The van der Waals surface area contributed by atoms with Crippen LogP contribution in [0, 0.1) is 13.8 Å². The first-order valence-electron chi connectivity index (χ1n) is 8.28. The van der Waals surface area contributed by atoms with Gasteiger partial charge in [-0.2, -0.15) is 0 Å². The molecule has 0 atom stereocenters. The molecule has 3 rings (SSSR count). The van der Waals surface area contributed by atoms with Crippen LogP contribution in [-0.2, 0) is 6.54 Å². The molecule has 5 heteroatoms. The highest BCUT2D eigenvalue weighted by Gasteiger charge is 2.22. The molecule has 25 heavy (non-hydrogen) atoms. The third kappa shape index (κ3) is 3.67. The smallest absolute Gasteiger partial charge is 0.257 e. The molecule has 0 saturated heterocycles. The quantitative estimate of drug-likeness (QED) is 0.732. The largest absolute Gasteiger partial charge is 0.395 e. The maximum Gasteiger partial charge on any atom is 0.257 e. The zero-order chi connectivity index (χ0) is 17.8. The summed E-state index contributed by atoms with van der Waals surface area (Å²) in [5.41, 5.74) is 3.93. The molecule has 2 heterocycles. The first-order chi connectivity index (χ1) is 12.1. The van der Waals surface area contributed by atoms with E-state index in [0.29, 0.717) is 18.7 Å². The molecule has 0 bridgehead atoms. The number of aryl methyl sites for hydroxylation is 2. The highest BCUT2D eigenvalue weighted by atomic mass is 32.1. The number of hydrogen-bond donors (Lipinski definition) is 1. The summed E-state index contributed by atoms with van der Waals surface area (Å²) in [5.74, 6) is -0.0540. The van der Waals surface area contributed by atoms with Crippen molar-refractivity contribution in [1.29, 1.82) is 0 Å². The number of hydrogen-bond acceptors (Lipinski definition) is 3. The van der Waals surface area contributed by atoms with Gasteiger partial charge < -0.3 is 14.6 Å². The van der Waals surface area contributed by atoms with Crippen LogP contribution in [0.4, 0.5) is 0 Å². The number of amides is 1. The Morgan fingerprint density at radius 3 is 2.40 bits per heavy atom. The molecular formula is C20H22N2O2S. The second-order valence-electron chi connectivity index (χ2n) is 6.03. The van der Waals surface area contributed by atoms with Crippen LogP contribution < -0.4 is 0 Å². The minimum Gasteiger partial charge on any atom is -0.395 e. The summed E-state index contributed by atoms with van der Waals surface area (Å²) >= 11 is 1.56. The molecule has 1 N–H and O–H groups in total. The number of nitrogens with zero attached hydrogens (tertiary/aromatic N) is 2. The Labute approximate surface area is 152 Å². The van der Waals surface area contributed by atoms with E-state index in [9.17, 15) is 9.90 Å². The van der Waals surface area contributed by atoms with Crippen LogP contribution in [0.15, 0.2) is 53.9 Å². The second kappa shape index (κ2) is 7.68. The van der Waals surface area contributed by atoms with Gasteiger partial charge in [0.05, 0.1) is 12.2 Å². The SMILES string of the molecule is Cc1ccc(C)n1-c1sccc1C(=O)N(CCO)Cc1ccccc1. The van der Waals surface area contributed by atoms with Gasteiger partial charge in [-0.1, -0.05) is 30.3 Å². The van der Waals surface area contributed by atoms with Crippen molar-refractivity contribution in [3.05, 3.63) is 76.4 Å². The van der Waals surface area contributed by atoms with E-state index in [1.54, 1.807) is 16.2 Å². The number of aliphatic hydroxyl groups is 1. The van der Waals surface area contributed by atoms with Gasteiger partial charge in [0.1, 0.15) is 5.00 Å². The lowest BCUT2D eigenvalue weighted by atomic mass is 10.2. The molecule has 2 aromatic heterocycles. The number of aliphatic hydroxyl groups excluding tert-OH is 1. The summed E-state index contributed by atoms with van der Waals surface area (Å²) in [6.07, 6.45) is 0. The van der Waals surface area contributed by atoms with Gasteiger partial charge in [-0.25, -0.2) is 0 Å². The van der Waals surface area contributed by atoms with Gasteiger partial charge in [-0.3, -0.25) is 4.79 Å². The number of carbonyl (C=O) groups is 1. The van der Waals surface area contributed by atoms with Gasteiger partial charge in [-0.15, -0.1) is 11.3 Å². The number of benzene rings is 1. The Hall–Kier alpha value is -2.37. The van der Waals surface area contributed by atoms with Gasteiger partial charge in [-0.05, 0) is 43.0 Å². The number of thiophene rings is 1. The molecule has 0 fully saturated rings. The van der Waals surface area contributed by atoms with E-state index in [2.05, 4.69) is 16.7 Å². The molecule has 0 radical (unpaired) electrons. The van der Waals surface area contributed by atoms with Crippen LogP contribution in [-0.4, -0.2) is 33.6 Å². The van der Waals surface area contributed by atoms with Crippen LogP contribution in [0.3, 0.4) is 0 Å². The summed E-state index contributed by atoms with van der Waals surface area (Å²) in [6.45, 7) is 4.82. The normalized spacial score (nSPS) is 10.8. The number of rotatable bonds is 6. The first-order valence-corrected chi connectivity index (χ1v) is 9.16. The van der Waals surface area contributed by atoms with Crippen molar-refractivity contribution in [2.75, 3.05) is 13.2 Å². The Bertz CT molecular complexity index is 832. The van der Waals surface area contributed by atoms with E-state index in [1.807, 2.05) is 55.6 Å². The van der Waals surface area contributed by atoms with Crippen LogP contribution in [0.25, 0.3) is 5.00 Å². The zero-order valence-electron chi connectivity index (χ0n) is 14.5. The van der Waals surface area contributed by atoms with E-state index in [-0.39, 0.29) is 12.5 Å². The third-order valence-electron chi connectivity index (χ3n) is 4.22. The Morgan fingerprint density at radius 2 is 1.76 bits per heavy atom. The molecule has 0 aliphatic carbocycles. The van der Waals surface area contributed by atoms with Crippen LogP contribution in [0.5, 0.6) is 0 Å². The molecular weight excluding hydrogens is 332 g/mol. The highest BCUT2D eigenvalue weighted by Crippen LogP contribution is 2.27. The lowest BCUT2D eigenvalue weighted by Gasteiger charge is -2.22. The second-order valence-corrected chi connectivity index (χ2v) is 6.92. The summed E-state index contributed by atoms with van der Waals surface area (Å²) < 4.78 is 2.11. The van der Waals surface area contributed by atoms with Crippen LogP contribution >= 0.6 is 11.3 Å². The molecule has 0 aliphatic rings. The predicted octanol–water partition coefficient (Wildman–Crippen LogP) is 3.79. The van der Waals surface area contributed by atoms with E-state index >= 15 is 0 Å². The molecule has 130 valence electrons. The lowest BCUT2D eigenvalue weighted by molar-refractivity contribution is 0.0708. The third-order valence-corrected chi connectivity index (χ3v) is 5.12. The number of carbonyl (C=O) groups excluding carboxylic acids is 1. The van der Waals surface area contributed by atoms with E-state index in [1.165, 1.54) is 0 Å². The predicted molar refractivity (Wildman–Crippen MR) is 101 cm³/mol. The van der Waals surface area contributed by atoms with Crippen LogP contribution in [0.2, 0.25) is 0 Å². The minimum absolute atomic E-state index is 0.0540. The van der Waals surface area contributed by atoms with Gasteiger partial charge >= 0.3 is 0 Å². The molecule has 0 saturated carbocycles. The molecule has 1 aromatic carbocycles. The lowest BCUT2D eigenvalue weighted by Crippen LogP contribution is -2.33. The molecule has 0 unspecified atom stereocenters. The molecule has 4 nitrogen and oxygen atoms in total. The first kappa shape index (κ1) is 17.5. The average Bonchev–Trinajstić information content (AvgIpc) is 3.21. The topological polar surface area (TPSA) is 45.5 Å². The fourth-order valence-corrected chi connectivity index (χ4v) is 3.98. The van der Waals surface area contributed by atoms with Crippen molar-refractivity contribution in [2.45, 2.75) is 20.4 Å². The summed E-state index contributed by atoms with van der Waals surface area (Å²) in [5, 5.41) is 12.3. The fraction of sp³-hybridized carbons (Fsp3) is 0.250. The van der Waals surface area contributed by atoms with Crippen LogP contribution in [0.1, 0.15) is 27.3 Å². The highest BCUT2D eigenvalue weighted by molar-refractivity contribution is 7.13. The van der Waals surface area contributed by atoms with Crippen molar-refractivity contribution in [2.24, 2.45) is 0 Å². The fourth-order valence-electron chi connectivity index (χ4n) is 2.97. The van der Waals surface area contributed by atoms with E-state index in [0.717, 1.165) is 22.0 Å². The average molecular weight is 354 g/mol. The van der Waals surface area contributed by atoms with Crippen molar-refractivity contribution in [3.63, 3.8) is 0 Å². The maximum absolute atomic E-state index is 13.1. The van der Waals surface area contributed by atoms with Crippen molar-refractivity contribution in [3.8, 4) is 5.00 Å². The standard InChI is InChI=1S/C20H22N2O2S/c1-15-8-9-16(2)22(15)20-18(10-13-25-20)19(24)21(11-12-23)14-17-6-4-3-5-7-17/h3-10,13,23H,11-12,14H2,1-2H3. The summed E-state index contributed by atoms with van der Waals surface area (Å²) in [6, 6.07) is 15.8. The van der Waals surface area contributed by atoms with Crippen molar-refractivity contribution in [1.82, 2.24) is 9.47 Å². The van der Waals surface area contributed by atoms with Gasteiger partial charge in [0, 0.05) is 24.5 Å². The maximum atomic E-state index is 13.1. The number of aromatic nitrogens is 1. The van der Waals surface area contributed by atoms with Crippen molar-refractivity contribution >= 4 is 17.2 Å². The van der Waals surface area contributed by atoms with Crippen molar-refractivity contribution < 1.29 is 9.90 Å². The molecule has 0 spiro atoms. The minimum atomic E-state index is -0.0559. The molecule has 1 amide bonds. The monoisotopic (exact) mass is 354 g/mol. The van der Waals surface area contributed by atoms with Gasteiger partial charge in [0.2, 0.25) is 0 Å². The van der Waals surface area contributed by atoms with E-state index in [4.69, 9.17) is 0 Å². The molecule has 3 aromatic rings. The Balaban J connectivity index is 1.92. The Kier molecular flexibility index (Phi) is 5.36. The molecule has 0 aliphatic heterocycles. The summed E-state index contributed by atoms with van der Waals surface area (Å²) in [7, 11) is 0. The van der Waals surface area contributed by atoms with Gasteiger partial charge in [0.15, 0.2) is 0 Å². The van der Waals surface area contributed by atoms with E-state index < -0.39 is 0 Å². The zero-order valence-corrected chi connectivity index (χ0v) is 15.3. The van der Waals surface area contributed by atoms with Gasteiger partial charge in [0.25, 0.3) is 5.91 Å². The summed E-state index contributed by atoms with van der Waals surface area (Å²) in [4.78, 5) is 14.9.